The Kier molecular flexibility index (Phi) is 2.23. The second-order valence-electron chi connectivity index (χ2n) is 3.99. The zero-order valence-electron chi connectivity index (χ0n) is 8.16. The largest absolute Gasteiger partial charge is 0.446 e. The molecular formula is C8H13NO3S. The number of hydrogen-bond donors (Lipinski definition) is 0. The van der Waals surface area contributed by atoms with Gasteiger partial charge in [0.2, 0.25) is 5.90 Å². The van der Waals surface area contributed by atoms with Gasteiger partial charge in [-0.1, -0.05) is 20.8 Å². The summed E-state index contributed by atoms with van der Waals surface area (Å²) in [5, 5.41) is 1.02. The Labute approximate surface area is 78.4 Å². The quantitative estimate of drug-likeness (QED) is 0.601. The van der Waals surface area contributed by atoms with Crippen molar-refractivity contribution < 1.29 is 13.2 Å². The van der Waals surface area contributed by atoms with Crippen LogP contribution in [0.25, 0.3) is 0 Å². The van der Waals surface area contributed by atoms with Gasteiger partial charge in [0.05, 0.1) is 5.41 Å². The highest BCUT2D eigenvalue weighted by Crippen LogP contribution is 2.24. The Balaban J connectivity index is 3.14. The summed E-state index contributed by atoms with van der Waals surface area (Å²) in [7, 11) is -3.46. The van der Waals surface area contributed by atoms with E-state index in [1.165, 1.54) is 0 Å². The summed E-state index contributed by atoms with van der Waals surface area (Å²) in [5.74, 6) is 0.604. The molecule has 0 aromatic heterocycles. The molecule has 0 radical (unpaired) electrons. The van der Waals surface area contributed by atoms with E-state index < -0.39 is 10.0 Å². The first-order chi connectivity index (χ1) is 5.71. The molecule has 1 aliphatic rings. The van der Waals surface area contributed by atoms with Crippen molar-refractivity contribution in [1.29, 1.82) is 0 Å². The zero-order chi connectivity index (χ0) is 10.3. The molecule has 0 aromatic rings. The van der Waals surface area contributed by atoms with Gasteiger partial charge >= 0.3 is 0 Å². The molecule has 5 heteroatoms. The number of rotatable bonds is 0. The number of allylic oxidation sites excluding steroid dienone is 1. The topological polar surface area (TPSA) is 55.7 Å². The standard InChI is InChI=1S/C8H13NO3S/c1-6-5-13(10,11)9-7(12-6)8(2,3)4/h5H,1-4H3. The number of ether oxygens (including phenoxy) is 1. The predicted octanol–water partition coefficient (Wildman–Crippen LogP) is 1.65. The molecule has 74 valence electrons. The molecule has 0 aromatic carbocycles. The molecule has 0 atom stereocenters. The first kappa shape index (κ1) is 10.2. The predicted molar refractivity (Wildman–Crippen MR) is 50.7 cm³/mol. The van der Waals surface area contributed by atoms with Crippen molar-refractivity contribution in [1.82, 2.24) is 0 Å². The minimum atomic E-state index is -3.46. The third-order valence-electron chi connectivity index (χ3n) is 1.42. The Bertz CT molecular complexity index is 371. The van der Waals surface area contributed by atoms with E-state index in [0.29, 0.717) is 5.76 Å². The number of sulfonamides is 1. The van der Waals surface area contributed by atoms with E-state index >= 15 is 0 Å². The molecule has 0 aliphatic carbocycles. The van der Waals surface area contributed by atoms with Crippen molar-refractivity contribution in [3.05, 3.63) is 11.2 Å². The number of hydrogen-bond acceptors (Lipinski definition) is 3. The van der Waals surface area contributed by atoms with Crippen molar-refractivity contribution in [2.24, 2.45) is 9.81 Å². The molecule has 0 fully saturated rings. The summed E-state index contributed by atoms with van der Waals surface area (Å²) in [6, 6.07) is 0. The molecule has 1 heterocycles. The fourth-order valence-corrected chi connectivity index (χ4v) is 1.90. The molecule has 0 bridgehead atoms. The molecule has 0 saturated carbocycles. The summed E-state index contributed by atoms with van der Waals surface area (Å²) in [5.41, 5.74) is -0.386. The van der Waals surface area contributed by atoms with Gasteiger partial charge in [-0.15, -0.1) is 4.40 Å². The lowest BCUT2D eigenvalue weighted by Gasteiger charge is -2.23. The third-order valence-corrected chi connectivity index (χ3v) is 2.47. The highest BCUT2D eigenvalue weighted by atomic mass is 32.2. The maximum absolute atomic E-state index is 11.2. The minimum Gasteiger partial charge on any atom is -0.446 e. The van der Waals surface area contributed by atoms with Gasteiger partial charge in [-0.2, -0.15) is 8.42 Å². The van der Waals surface area contributed by atoms with E-state index in [4.69, 9.17) is 4.74 Å². The van der Waals surface area contributed by atoms with E-state index in [-0.39, 0.29) is 11.3 Å². The summed E-state index contributed by atoms with van der Waals surface area (Å²) in [6.07, 6.45) is 0. The smallest absolute Gasteiger partial charge is 0.281 e. The van der Waals surface area contributed by atoms with Gasteiger partial charge in [-0.25, -0.2) is 0 Å². The zero-order valence-corrected chi connectivity index (χ0v) is 8.97. The van der Waals surface area contributed by atoms with Gasteiger partial charge in [0.25, 0.3) is 10.0 Å². The molecular weight excluding hydrogens is 190 g/mol. The average Bonchev–Trinajstić information content (AvgIpc) is 1.79. The van der Waals surface area contributed by atoms with Crippen LogP contribution in [0.3, 0.4) is 0 Å². The number of nitrogens with zero attached hydrogens (tertiary/aromatic N) is 1. The van der Waals surface area contributed by atoms with Crippen molar-refractivity contribution in [2.75, 3.05) is 0 Å². The van der Waals surface area contributed by atoms with Gasteiger partial charge in [0.15, 0.2) is 0 Å². The van der Waals surface area contributed by atoms with E-state index in [1.54, 1.807) is 6.92 Å². The van der Waals surface area contributed by atoms with Crippen molar-refractivity contribution in [3.8, 4) is 0 Å². The van der Waals surface area contributed by atoms with Crippen molar-refractivity contribution >= 4 is 15.9 Å². The van der Waals surface area contributed by atoms with Gasteiger partial charge in [0.1, 0.15) is 5.76 Å². The lowest BCUT2D eigenvalue weighted by molar-refractivity contribution is 0.347. The molecule has 1 aliphatic heterocycles. The second-order valence-corrected chi connectivity index (χ2v) is 5.44. The van der Waals surface area contributed by atoms with Crippen LogP contribution in [0.15, 0.2) is 15.6 Å². The lowest BCUT2D eigenvalue weighted by Crippen LogP contribution is -2.26. The van der Waals surface area contributed by atoms with Gasteiger partial charge in [0, 0.05) is 5.41 Å². The molecule has 0 N–H and O–H groups in total. The average molecular weight is 203 g/mol. The first-order valence-electron chi connectivity index (χ1n) is 3.92. The minimum absolute atomic E-state index is 0.243. The van der Waals surface area contributed by atoms with Crippen LogP contribution in [0.4, 0.5) is 0 Å². The summed E-state index contributed by atoms with van der Waals surface area (Å²) in [4.78, 5) is 0. The summed E-state index contributed by atoms with van der Waals surface area (Å²) in [6.45, 7) is 7.14. The molecule has 0 saturated heterocycles. The molecule has 13 heavy (non-hydrogen) atoms. The highest BCUT2D eigenvalue weighted by molar-refractivity contribution is 7.93. The van der Waals surface area contributed by atoms with Crippen LogP contribution in [0.5, 0.6) is 0 Å². The lowest BCUT2D eigenvalue weighted by atomic mass is 9.97. The molecule has 0 amide bonds. The Morgan fingerprint density at radius 3 is 2.31 bits per heavy atom. The fourth-order valence-electron chi connectivity index (χ4n) is 0.837. The molecule has 0 spiro atoms. The Morgan fingerprint density at radius 2 is 1.92 bits per heavy atom. The monoisotopic (exact) mass is 203 g/mol. The van der Waals surface area contributed by atoms with Crippen molar-refractivity contribution in [3.63, 3.8) is 0 Å². The van der Waals surface area contributed by atoms with E-state index in [1.807, 2.05) is 20.8 Å². The van der Waals surface area contributed by atoms with Gasteiger partial charge < -0.3 is 4.74 Å². The van der Waals surface area contributed by atoms with Crippen LogP contribution in [-0.2, 0) is 14.8 Å². The third kappa shape index (κ3) is 2.55. The Morgan fingerprint density at radius 1 is 1.38 bits per heavy atom. The van der Waals surface area contributed by atoms with Gasteiger partial charge in [-0.05, 0) is 6.92 Å². The van der Waals surface area contributed by atoms with Crippen LogP contribution in [0.2, 0.25) is 0 Å². The molecule has 0 unspecified atom stereocenters. The van der Waals surface area contributed by atoms with Crippen LogP contribution >= 0.6 is 0 Å². The SMILES string of the molecule is CC1=CS(=O)(=O)N=C(C(C)(C)C)O1. The van der Waals surface area contributed by atoms with Crippen molar-refractivity contribution in [2.45, 2.75) is 27.7 Å². The van der Waals surface area contributed by atoms with Crippen LogP contribution in [0, 0.1) is 5.41 Å². The molecule has 4 nitrogen and oxygen atoms in total. The Hall–Kier alpha value is -0.840. The van der Waals surface area contributed by atoms with E-state index in [9.17, 15) is 8.42 Å². The van der Waals surface area contributed by atoms with E-state index in [2.05, 4.69) is 4.40 Å². The molecule has 1 rings (SSSR count). The highest BCUT2D eigenvalue weighted by Gasteiger charge is 2.27. The normalized spacial score (nSPS) is 21.5. The maximum Gasteiger partial charge on any atom is 0.281 e. The fraction of sp³-hybridized carbons (Fsp3) is 0.625. The van der Waals surface area contributed by atoms with Crippen LogP contribution < -0.4 is 0 Å². The summed E-state index contributed by atoms with van der Waals surface area (Å²) < 4.78 is 31.1. The van der Waals surface area contributed by atoms with Crippen LogP contribution in [0.1, 0.15) is 27.7 Å². The van der Waals surface area contributed by atoms with E-state index in [0.717, 1.165) is 5.41 Å². The van der Waals surface area contributed by atoms with Gasteiger partial charge in [-0.3, -0.25) is 0 Å². The second kappa shape index (κ2) is 2.83. The van der Waals surface area contributed by atoms with Crippen LogP contribution in [-0.4, -0.2) is 14.3 Å². The maximum atomic E-state index is 11.2. The first-order valence-corrected chi connectivity index (χ1v) is 5.43. The summed E-state index contributed by atoms with van der Waals surface area (Å²) >= 11 is 0.